The van der Waals surface area contributed by atoms with E-state index in [2.05, 4.69) is 25.0 Å². The molecule has 0 amide bonds. The highest BCUT2D eigenvalue weighted by Gasteiger charge is 2.19. The van der Waals surface area contributed by atoms with Crippen molar-refractivity contribution in [1.82, 2.24) is 4.57 Å². The molecule has 0 bridgehead atoms. The van der Waals surface area contributed by atoms with Crippen LogP contribution < -0.4 is 0 Å². The van der Waals surface area contributed by atoms with Gasteiger partial charge in [0.15, 0.2) is 6.29 Å². The van der Waals surface area contributed by atoms with Gasteiger partial charge in [-0.15, -0.1) is 6.58 Å². The van der Waals surface area contributed by atoms with Crippen molar-refractivity contribution in [2.45, 2.75) is 19.4 Å². The molecule has 2 rings (SSSR count). The number of carbonyl (C=O) groups excluding carboxylic acids is 1. The van der Waals surface area contributed by atoms with E-state index in [1.807, 2.05) is 36.5 Å². The van der Waals surface area contributed by atoms with E-state index >= 15 is 0 Å². The molecule has 0 fully saturated rings. The Balaban J connectivity index is 2.81. The van der Waals surface area contributed by atoms with Crippen LogP contribution >= 0.6 is 0 Å². The highest BCUT2D eigenvalue weighted by Crippen LogP contribution is 2.27. The lowest BCUT2D eigenvalue weighted by atomic mass is 10.1. The van der Waals surface area contributed by atoms with Crippen LogP contribution in [0.4, 0.5) is 0 Å². The normalized spacial score (nSPS) is 11.6. The summed E-state index contributed by atoms with van der Waals surface area (Å²) in [5.41, 5.74) is 1.60. The maximum Gasteiger partial charge on any atom is 0.152 e. The lowest BCUT2D eigenvalue weighted by Crippen LogP contribution is -2.21. The molecule has 1 aromatic carbocycles. The summed E-state index contributed by atoms with van der Waals surface area (Å²) in [6.07, 6.45) is 4.67. The third kappa shape index (κ3) is 1.47. The zero-order chi connectivity index (χ0) is 11.8. The number of nitrogens with zero attached hydrogens (tertiary/aromatic N) is 1. The molecule has 0 saturated heterocycles. The molecule has 0 aliphatic heterocycles. The first-order valence-electron chi connectivity index (χ1n) is 5.29. The van der Waals surface area contributed by atoms with Crippen molar-refractivity contribution in [2.24, 2.45) is 0 Å². The summed E-state index contributed by atoms with van der Waals surface area (Å²) in [5, 5.41) is 0.993. The van der Waals surface area contributed by atoms with Crippen molar-refractivity contribution in [3.63, 3.8) is 0 Å². The van der Waals surface area contributed by atoms with Crippen LogP contribution in [0.15, 0.2) is 43.1 Å². The molecule has 0 radical (unpaired) electrons. The highest BCUT2D eigenvalue weighted by atomic mass is 16.1. The number of benzene rings is 1. The van der Waals surface area contributed by atoms with Gasteiger partial charge >= 0.3 is 0 Å². The summed E-state index contributed by atoms with van der Waals surface area (Å²) in [6, 6.07) is 7.91. The minimum absolute atomic E-state index is 0.194. The van der Waals surface area contributed by atoms with Crippen LogP contribution in [0.25, 0.3) is 10.9 Å². The van der Waals surface area contributed by atoms with E-state index < -0.39 is 0 Å². The Morgan fingerprint density at radius 2 is 2.00 bits per heavy atom. The molecule has 1 heterocycles. The van der Waals surface area contributed by atoms with E-state index in [9.17, 15) is 4.79 Å². The number of fused-ring (bicyclic) bond motifs is 1. The molecule has 2 nitrogen and oxygen atoms in total. The molecule has 2 aromatic rings. The smallest absolute Gasteiger partial charge is 0.152 e. The Labute approximate surface area is 95.2 Å². The maximum atomic E-state index is 11.0. The molecule has 2 heteroatoms. The quantitative estimate of drug-likeness (QED) is 0.566. The minimum Gasteiger partial charge on any atom is -0.338 e. The molecular formula is C14H15NO. The molecule has 1 aromatic heterocycles. The molecule has 0 N–H and O–H groups in total. The number of para-hydroxylation sites is 1. The number of hydrogen-bond acceptors (Lipinski definition) is 1. The minimum atomic E-state index is -0.194. The average Bonchev–Trinajstić information content (AvgIpc) is 2.68. The fraction of sp³-hybridized carbons (Fsp3) is 0.214. The van der Waals surface area contributed by atoms with E-state index in [0.29, 0.717) is 0 Å². The Morgan fingerprint density at radius 1 is 1.31 bits per heavy atom. The van der Waals surface area contributed by atoms with Crippen molar-refractivity contribution in [2.75, 3.05) is 0 Å². The van der Waals surface area contributed by atoms with Gasteiger partial charge in [-0.3, -0.25) is 4.79 Å². The molecule has 0 atom stereocenters. The molecule has 0 saturated carbocycles. The van der Waals surface area contributed by atoms with Crippen molar-refractivity contribution >= 4 is 17.2 Å². The van der Waals surface area contributed by atoms with Crippen LogP contribution in [0.1, 0.15) is 24.2 Å². The molecular weight excluding hydrogens is 198 g/mol. The van der Waals surface area contributed by atoms with Crippen LogP contribution in [-0.4, -0.2) is 10.9 Å². The van der Waals surface area contributed by atoms with Gasteiger partial charge in [0.2, 0.25) is 0 Å². The lowest BCUT2D eigenvalue weighted by molar-refractivity contribution is 0.112. The fourth-order valence-electron chi connectivity index (χ4n) is 1.88. The van der Waals surface area contributed by atoms with Crippen molar-refractivity contribution in [3.8, 4) is 0 Å². The van der Waals surface area contributed by atoms with E-state index in [1.165, 1.54) is 0 Å². The maximum absolute atomic E-state index is 11.0. The summed E-state index contributed by atoms with van der Waals surface area (Å²) in [6.45, 7) is 7.98. The van der Waals surface area contributed by atoms with Crippen molar-refractivity contribution in [3.05, 3.63) is 48.7 Å². The predicted molar refractivity (Wildman–Crippen MR) is 66.8 cm³/mol. The van der Waals surface area contributed by atoms with Gasteiger partial charge in [-0.05, 0) is 19.9 Å². The van der Waals surface area contributed by atoms with Gasteiger partial charge in [0.1, 0.15) is 0 Å². The molecule has 0 unspecified atom stereocenters. The number of rotatable bonds is 3. The van der Waals surface area contributed by atoms with Gasteiger partial charge < -0.3 is 4.57 Å². The predicted octanol–water partition coefficient (Wildman–Crippen LogP) is 3.37. The first-order valence-corrected chi connectivity index (χ1v) is 5.29. The van der Waals surface area contributed by atoms with Crippen LogP contribution in [0.2, 0.25) is 0 Å². The number of allylic oxidation sites excluding steroid dienone is 1. The van der Waals surface area contributed by atoms with Gasteiger partial charge in [-0.2, -0.15) is 0 Å². The van der Waals surface area contributed by atoms with Crippen LogP contribution in [-0.2, 0) is 5.54 Å². The summed E-state index contributed by atoms with van der Waals surface area (Å²) >= 11 is 0. The van der Waals surface area contributed by atoms with Crippen LogP contribution in [0, 0.1) is 0 Å². The van der Waals surface area contributed by atoms with Gasteiger partial charge in [0, 0.05) is 22.7 Å². The van der Waals surface area contributed by atoms with Crippen LogP contribution in [0.5, 0.6) is 0 Å². The third-order valence-corrected chi connectivity index (χ3v) is 2.99. The highest BCUT2D eigenvalue weighted by molar-refractivity contribution is 5.97. The second-order valence-corrected chi connectivity index (χ2v) is 4.45. The van der Waals surface area contributed by atoms with Crippen LogP contribution in [0.3, 0.4) is 0 Å². The molecule has 82 valence electrons. The second-order valence-electron chi connectivity index (χ2n) is 4.45. The number of hydrogen-bond donors (Lipinski definition) is 0. The Morgan fingerprint density at radius 3 is 2.62 bits per heavy atom. The summed E-state index contributed by atoms with van der Waals surface area (Å²) < 4.78 is 2.08. The second kappa shape index (κ2) is 3.63. The Hall–Kier alpha value is -1.83. The van der Waals surface area contributed by atoms with Crippen molar-refractivity contribution < 1.29 is 4.79 Å². The van der Waals surface area contributed by atoms with Gasteiger partial charge in [0.05, 0.1) is 5.54 Å². The molecule has 16 heavy (non-hydrogen) atoms. The van der Waals surface area contributed by atoms with E-state index in [0.717, 1.165) is 22.8 Å². The van der Waals surface area contributed by atoms with Gasteiger partial charge in [-0.25, -0.2) is 0 Å². The third-order valence-electron chi connectivity index (χ3n) is 2.99. The standard InChI is InChI=1S/C14H15NO/c1-4-14(2,3)15-9-11(10-16)12-7-5-6-8-13(12)15/h4-10H,1H2,2-3H3. The monoisotopic (exact) mass is 213 g/mol. The zero-order valence-corrected chi connectivity index (χ0v) is 9.60. The van der Waals surface area contributed by atoms with E-state index in [4.69, 9.17) is 0 Å². The Kier molecular flexibility index (Phi) is 2.43. The number of carbonyl (C=O) groups is 1. The summed E-state index contributed by atoms with van der Waals surface area (Å²) in [5.74, 6) is 0. The Bertz CT molecular complexity index is 549. The molecule has 0 spiro atoms. The molecule has 0 aliphatic carbocycles. The first kappa shape index (κ1) is 10.7. The summed E-state index contributed by atoms with van der Waals surface area (Å²) in [4.78, 5) is 11.0. The molecule has 0 aliphatic rings. The van der Waals surface area contributed by atoms with E-state index in [-0.39, 0.29) is 5.54 Å². The first-order chi connectivity index (χ1) is 7.60. The SMILES string of the molecule is C=CC(C)(C)n1cc(C=O)c2ccccc21. The number of aldehydes is 1. The lowest BCUT2D eigenvalue weighted by Gasteiger charge is -2.23. The summed E-state index contributed by atoms with van der Waals surface area (Å²) in [7, 11) is 0. The van der Waals surface area contributed by atoms with Gasteiger partial charge in [-0.1, -0.05) is 24.3 Å². The van der Waals surface area contributed by atoms with E-state index in [1.54, 1.807) is 0 Å². The largest absolute Gasteiger partial charge is 0.338 e. The number of aromatic nitrogens is 1. The van der Waals surface area contributed by atoms with Crippen molar-refractivity contribution in [1.29, 1.82) is 0 Å². The fourth-order valence-corrected chi connectivity index (χ4v) is 1.88. The topological polar surface area (TPSA) is 22.0 Å². The van der Waals surface area contributed by atoms with Gasteiger partial charge in [0.25, 0.3) is 0 Å². The zero-order valence-electron chi connectivity index (χ0n) is 9.60. The average molecular weight is 213 g/mol.